The molecule has 1 aliphatic rings. The number of thioether (sulfide) groups is 1. The molecule has 6 heteroatoms. The molecule has 0 radical (unpaired) electrons. The Kier molecular flexibility index (Phi) is 10.6. The molecule has 0 aromatic heterocycles. The van der Waals surface area contributed by atoms with Crippen LogP contribution in [0, 0.1) is 0 Å². The summed E-state index contributed by atoms with van der Waals surface area (Å²) < 4.78 is 5.19. The molecule has 1 aromatic rings. The Morgan fingerprint density at radius 2 is 2.04 bits per heavy atom. The fourth-order valence-corrected chi connectivity index (χ4v) is 3.68. The van der Waals surface area contributed by atoms with Crippen molar-refractivity contribution in [3.05, 3.63) is 29.8 Å². The average Bonchev–Trinajstić information content (AvgIpc) is 3.03. The van der Waals surface area contributed by atoms with Gasteiger partial charge in [0.2, 0.25) is 0 Å². The minimum Gasteiger partial charge on any atom is -0.497 e. The Balaban J connectivity index is 0.00000288. The minimum absolute atomic E-state index is 0. The maximum atomic E-state index is 5.19. The number of aliphatic imine (C=N–C) groups is 1. The smallest absolute Gasteiger partial charge is 0.191 e. The van der Waals surface area contributed by atoms with Crippen LogP contribution in [0.5, 0.6) is 5.75 Å². The lowest BCUT2D eigenvalue weighted by Gasteiger charge is -2.17. The number of ether oxygens (including phenoxy) is 1. The van der Waals surface area contributed by atoms with Gasteiger partial charge in [-0.2, -0.15) is 11.8 Å². The van der Waals surface area contributed by atoms with Crippen molar-refractivity contribution >= 4 is 41.7 Å². The predicted molar refractivity (Wildman–Crippen MR) is 116 cm³/mol. The van der Waals surface area contributed by atoms with E-state index >= 15 is 0 Å². The van der Waals surface area contributed by atoms with Crippen LogP contribution in [-0.4, -0.2) is 43.7 Å². The van der Waals surface area contributed by atoms with Gasteiger partial charge in [0.1, 0.15) is 5.75 Å². The van der Waals surface area contributed by atoms with Crippen LogP contribution in [0.2, 0.25) is 0 Å². The van der Waals surface area contributed by atoms with Gasteiger partial charge in [-0.15, -0.1) is 24.0 Å². The zero-order chi connectivity index (χ0) is 16.5. The highest BCUT2D eigenvalue weighted by atomic mass is 127. The third-order valence-electron chi connectivity index (χ3n) is 4.23. The lowest BCUT2D eigenvalue weighted by molar-refractivity contribution is 0.414. The number of nitrogens with one attached hydrogen (secondary N) is 2. The lowest BCUT2D eigenvalue weighted by Crippen LogP contribution is -2.42. The normalized spacial score (nSPS) is 20.4. The van der Waals surface area contributed by atoms with Gasteiger partial charge in [0.15, 0.2) is 5.96 Å². The number of guanidine groups is 1. The monoisotopic (exact) mass is 463 g/mol. The molecule has 1 saturated carbocycles. The summed E-state index contributed by atoms with van der Waals surface area (Å²) in [4.78, 5) is 4.72. The van der Waals surface area contributed by atoms with Crippen molar-refractivity contribution in [2.75, 3.05) is 26.5 Å². The van der Waals surface area contributed by atoms with Crippen LogP contribution in [-0.2, 0) is 6.42 Å². The number of nitrogens with zero attached hydrogens (tertiary/aromatic N) is 1. The maximum absolute atomic E-state index is 5.19. The Morgan fingerprint density at radius 1 is 1.29 bits per heavy atom. The molecule has 2 atom stereocenters. The van der Waals surface area contributed by atoms with E-state index in [-0.39, 0.29) is 24.0 Å². The Labute approximate surface area is 167 Å². The summed E-state index contributed by atoms with van der Waals surface area (Å²) in [5.74, 6) is 1.85. The highest BCUT2D eigenvalue weighted by Crippen LogP contribution is 2.28. The fourth-order valence-electron chi connectivity index (χ4n) is 2.89. The van der Waals surface area contributed by atoms with Gasteiger partial charge in [0.25, 0.3) is 0 Å². The molecule has 0 bridgehead atoms. The number of hydrogen-bond donors (Lipinski definition) is 2. The minimum atomic E-state index is 0. The topological polar surface area (TPSA) is 45.7 Å². The van der Waals surface area contributed by atoms with Crippen LogP contribution in [0.3, 0.4) is 0 Å². The fraction of sp³-hybridized carbons (Fsp3) is 0.611. The highest BCUT2D eigenvalue weighted by Gasteiger charge is 2.24. The SMILES string of the molecule is CCNC(=NCCc1ccc(OC)cc1)NC1CCC(SC)C1.I. The number of benzene rings is 1. The third kappa shape index (κ3) is 7.09. The van der Waals surface area contributed by atoms with Gasteiger partial charge in [-0.1, -0.05) is 12.1 Å². The van der Waals surface area contributed by atoms with Gasteiger partial charge >= 0.3 is 0 Å². The molecule has 136 valence electrons. The Morgan fingerprint density at radius 3 is 2.62 bits per heavy atom. The number of methoxy groups -OCH3 is 1. The van der Waals surface area contributed by atoms with E-state index in [9.17, 15) is 0 Å². The lowest BCUT2D eigenvalue weighted by atomic mass is 10.1. The summed E-state index contributed by atoms with van der Waals surface area (Å²) in [5, 5.41) is 7.75. The molecular formula is C18H30IN3OS. The Hall–Kier alpha value is -0.630. The van der Waals surface area contributed by atoms with Crippen molar-refractivity contribution < 1.29 is 4.74 Å². The predicted octanol–water partition coefficient (Wildman–Crippen LogP) is 3.69. The van der Waals surface area contributed by atoms with Gasteiger partial charge < -0.3 is 15.4 Å². The van der Waals surface area contributed by atoms with Crippen molar-refractivity contribution in [1.29, 1.82) is 0 Å². The van der Waals surface area contributed by atoms with E-state index in [0.717, 1.165) is 36.5 Å². The summed E-state index contributed by atoms with van der Waals surface area (Å²) in [6.45, 7) is 3.80. The van der Waals surface area contributed by atoms with Crippen LogP contribution in [0.1, 0.15) is 31.7 Å². The van der Waals surface area contributed by atoms with Crippen molar-refractivity contribution in [2.45, 2.75) is 43.9 Å². The molecule has 0 heterocycles. The zero-order valence-corrected chi connectivity index (χ0v) is 18.0. The number of halogens is 1. The molecule has 1 aliphatic carbocycles. The summed E-state index contributed by atoms with van der Waals surface area (Å²) in [6, 6.07) is 8.78. The van der Waals surface area contributed by atoms with E-state index in [1.807, 2.05) is 23.9 Å². The molecule has 0 saturated heterocycles. The van der Waals surface area contributed by atoms with Gasteiger partial charge in [-0.3, -0.25) is 4.99 Å². The first kappa shape index (κ1) is 21.4. The summed E-state index contributed by atoms with van der Waals surface area (Å²) >= 11 is 1.98. The van der Waals surface area contributed by atoms with E-state index in [4.69, 9.17) is 9.73 Å². The largest absolute Gasteiger partial charge is 0.497 e. The van der Waals surface area contributed by atoms with Gasteiger partial charge in [-0.05, 0) is 56.6 Å². The molecule has 1 fully saturated rings. The van der Waals surface area contributed by atoms with Crippen molar-refractivity contribution in [3.63, 3.8) is 0 Å². The van der Waals surface area contributed by atoms with E-state index < -0.39 is 0 Å². The van der Waals surface area contributed by atoms with Crippen LogP contribution in [0.4, 0.5) is 0 Å². The van der Waals surface area contributed by atoms with Crippen LogP contribution in [0.25, 0.3) is 0 Å². The summed E-state index contributed by atoms with van der Waals surface area (Å²) in [5.41, 5.74) is 1.29. The molecule has 0 aliphatic heterocycles. The number of rotatable bonds is 7. The first-order chi connectivity index (χ1) is 11.2. The van der Waals surface area contributed by atoms with Gasteiger partial charge in [0.05, 0.1) is 7.11 Å². The molecule has 1 aromatic carbocycles. The molecule has 2 unspecified atom stereocenters. The van der Waals surface area contributed by atoms with E-state index in [1.54, 1.807) is 7.11 Å². The van der Waals surface area contributed by atoms with Gasteiger partial charge in [0, 0.05) is 24.4 Å². The highest BCUT2D eigenvalue weighted by molar-refractivity contribution is 14.0. The van der Waals surface area contributed by atoms with Crippen LogP contribution < -0.4 is 15.4 Å². The van der Waals surface area contributed by atoms with Crippen LogP contribution in [0.15, 0.2) is 29.3 Å². The number of hydrogen-bond acceptors (Lipinski definition) is 3. The molecule has 0 spiro atoms. The standard InChI is InChI=1S/C18H29N3OS.HI/c1-4-19-18(21-15-7-10-17(13-15)23-3)20-12-11-14-5-8-16(22-2)9-6-14;/h5-6,8-9,15,17H,4,7,10-13H2,1-3H3,(H2,19,20,21);1H. The molecule has 2 rings (SSSR count). The first-order valence-corrected chi connectivity index (χ1v) is 9.74. The van der Waals surface area contributed by atoms with Crippen molar-refractivity contribution in [2.24, 2.45) is 4.99 Å². The van der Waals surface area contributed by atoms with Gasteiger partial charge in [-0.25, -0.2) is 0 Å². The van der Waals surface area contributed by atoms with Crippen molar-refractivity contribution in [1.82, 2.24) is 10.6 Å². The summed E-state index contributed by atoms with van der Waals surface area (Å²) in [7, 11) is 1.69. The van der Waals surface area contributed by atoms with Crippen molar-refractivity contribution in [3.8, 4) is 5.75 Å². The second-order valence-electron chi connectivity index (χ2n) is 5.87. The molecule has 24 heavy (non-hydrogen) atoms. The Bertz CT molecular complexity index is 496. The quantitative estimate of drug-likeness (QED) is 0.368. The van der Waals surface area contributed by atoms with E-state index in [1.165, 1.54) is 24.8 Å². The molecule has 0 amide bonds. The average molecular weight is 463 g/mol. The molecule has 2 N–H and O–H groups in total. The third-order valence-corrected chi connectivity index (χ3v) is 5.33. The second kappa shape index (κ2) is 11.8. The van der Waals surface area contributed by atoms with E-state index in [0.29, 0.717) is 6.04 Å². The maximum Gasteiger partial charge on any atom is 0.191 e. The zero-order valence-electron chi connectivity index (χ0n) is 14.9. The molecule has 4 nitrogen and oxygen atoms in total. The summed E-state index contributed by atoms with van der Waals surface area (Å²) in [6.07, 6.45) is 6.95. The van der Waals surface area contributed by atoms with E-state index in [2.05, 4.69) is 35.9 Å². The molecular weight excluding hydrogens is 433 g/mol. The van der Waals surface area contributed by atoms with Crippen LogP contribution >= 0.6 is 35.7 Å². The first-order valence-electron chi connectivity index (χ1n) is 8.45. The second-order valence-corrected chi connectivity index (χ2v) is 7.01.